The van der Waals surface area contributed by atoms with E-state index >= 15 is 0 Å². The van der Waals surface area contributed by atoms with Gasteiger partial charge in [0.25, 0.3) is 5.91 Å². The molecule has 114 valence electrons. The second-order valence-electron chi connectivity index (χ2n) is 6.59. The summed E-state index contributed by atoms with van der Waals surface area (Å²) in [5, 5.41) is 3.45. The van der Waals surface area contributed by atoms with Crippen molar-refractivity contribution in [2.24, 2.45) is 5.41 Å². The second-order valence-corrected chi connectivity index (χ2v) is 6.59. The fraction of sp³-hybridized carbons (Fsp3) is 0.588. The number of hydrogen-bond donors (Lipinski definition) is 1. The molecular formula is C17H23FN2O. The van der Waals surface area contributed by atoms with Gasteiger partial charge in [-0.15, -0.1) is 0 Å². The van der Waals surface area contributed by atoms with E-state index in [0.717, 1.165) is 38.2 Å². The third kappa shape index (κ3) is 2.95. The Balaban J connectivity index is 1.77. The van der Waals surface area contributed by atoms with Crippen molar-refractivity contribution in [1.82, 2.24) is 10.2 Å². The molecule has 2 fully saturated rings. The van der Waals surface area contributed by atoms with Crippen LogP contribution in [0, 0.1) is 18.2 Å². The van der Waals surface area contributed by atoms with E-state index in [-0.39, 0.29) is 16.9 Å². The Hall–Kier alpha value is -1.42. The van der Waals surface area contributed by atoms with E-state index in [0.29, 0.717) is 0 Å². The summed E-state index contributed by atoms with van der Waals surface area (Å²) in [5.74, 6) is -0.557. The Morgan fingerprint density at radius 2 is 2.14 bits per heavy atom. The van der Waals surface area contributed by atoms with Crippen LogP contribution in [0.4, 0.5) is 4.39 Å². The van der Waals surface area contributed by atoms with Gasteiger partial charge in [-0.1, -0.05) is 6.07 Å². The van der Waals surface area contributed by atoms with Gasteiger partial charge in [-0.2, -0.15) is 0 Å². The van der Waals surface area contributed by atoms with Crippen LogP contribution in [0.25, 0.3) is 0 Å². The fourth-order valence-corrected chi connectivity index (χ4v) is 3.72. The van der Waals surface area contributed by atoms with Crippen molar-refractivity contribution < 1.29 is 9.18 Å². The first-order chi connectivity index (χ1) is 10.1. The number of rotatable bonds is 1. The molecule has 4 heteroatoms. The standard InChI is InChI=1S/C17H23FN2O/c1-13-4-5-14(15(18)10-13)16(21)20-9-3-7-17(12-20)6-2-8-19-11-17/h4-5,10,19H,2-3,6-9,11-12H2,1H3. The molecule has 0 bridgehead atoms. The Kier molecular flexibility index (Phi) is 3.98. The summed E-state index contributed by atoms with van der Waals surface area (Å²) in [7, 11) is 0. The van der Waals surface area contributed by atoms with Crippen molar-refractivity contribution in [2.75, 3.05) is 26.2 Å². The number of benzene rings is 1. The third-order valence-electron chi connectivity index (χ3n) is 4.86. The average Bonchev–Trinajstić information content (AvgIpc) is 2.47. The van der Waals surface area contributed by atoms with Gasteiger partial charge in [-0.25, -0.2) is 4.39 Å². The van der Waals surface area contributed by atoms with Crippen LogP contribution in [-0.2, 0) is 0 Å². The molecule has 2 heterocycles. The van der Waals surface area contributed by atoms with Gasteiger partial charge in [-0.05, 0) is 56.8 Å². The van der Waals surface area contributed by atoms with Crippen LogP contribution in [0.1, 0.15) is 41.6 Å². The Morgan fingerprint density at radius 3 is 2.86 bits per heavy atom. The molecule has 1 N–H and O–H groups in total. The first-order valence-electron chi connectivity index (χ1n) is 7.86. The van der Waals surface area contributed by atoms with Gasteiger partial charge in [0.1, 0.15) is 5.82 Å². The zero-order valence-electron chi connectivity index (χ0n) is 12.6. The van der Waals surface area contributed by atoms with Gasteiger partial charge in [0.15, 0.2) is 0 Å². The second kappa shape index (κ2) is 5.76. The minimum absolute atomic E-state index is 0.155. The molecule has 0 aromatic heterocycles. The van der Waals surface area contributed by atoms with Crippen molar-refractivity contribution in [3.05, 3.63) is 35.1 Å². The molecule has 2 aliphatic heterocycles. The first-order valence-corrected chi connectivity index (χ1v) is 7.86. The molecule has 1 spiro atoms. The molecule has 0 saturated carbocycles. The SMILES string of the molecule is Cc1ccc(C(=O)N2CCCC3(CCCNC3)C2)c(F)c1. The van der Waals surface area contributed by atoms with Gasteiger partial charge in [0.2, 0.25) is 0 Å². The average molecular weight is 290 g/mol. The highest BCUT2D eigenvalue weighted by atomic mass is 19.1. The number of aryl methyl sites for hydroxylation is 1. The molecule has 1 atom stereocenters. The minimum Gasteiger partial charge on any atom is -0.338 e. The number of carbonyl (C=O) groups excluding carboxylic acids is 1. The van der Waals surface area contributed by atoms with E-state index in [2.05, 4.69) is 5.32 Å². The van der Waals surface area contributed by atoms with Crippen molar-refractivity contribution in [3.63, 3.8) is 0 Å². The van der Waals surface area contributed by atoms with Gasteiger partial charge in [0.05, 0.1) is 5.56 Å². The zero-order chi connectivity index (χ0) is 14.9. The third-order valence-corrected chi connectivity index (χ3v) is 4.86. The molecule has 1 unspecified atom stereocenters. The fourth-order valence-electron chi connectivity index (χ4n) is 3.72. The molecule has 0 aliphatic carbocycles. The van der Waals surface area contributed by atoms with Crippen molar-refractivity contribution >= 4 is 5.91 Å². The predicted octanol–water partition coefficient (Wildman–Crippen LogP) is 2.74. The molecule has 2 saturated heterocycles. The van der Waals surface area contributed by atoms with E-state index in [1.165, 1.54) is 25.3 Å². The van der Waals surface area contributed by atoms with Gasteiger partial charge in [-0.3, -0.25) is 4.79 Å². The number of nitrogens with zero attached hydrogens (tertiary/aromatic N) is 1. The van der Waals surface area contributed by atoms with Crippen LogP contribution in [-0.4, -0.2) is 37.0 Å². The lowest BCUT2D eigenvalue weighted by Crippen LogP contribution is -2.52. The smallest absolute Gasteiger partial charge is 0.256 e. The van der Waals surface area contributed by atoms with Gasteiger partial charge >= 0.3 is 0 Å². The van der Waals surface area contributed by atoms with Crippen molar-refractivity contribution in [2.45, 2.75) is 32.6 Å². The summed E-state index contributed by atoms with van der Waals surface area (Å²) >= 11 is 0. The number of piperidine rings is 2. The highest BCUT2D eigenvalue weighted by Gasteiger charge is 2.38. The van der Waals surface area contributed by atoms with E-state index in [4.69, 9.17) is 0 Å². The molecule has 1 aromatic carbocycles. The summed E-state index contributed by atoms with van der Waals surface area (Å²) in [5.41, 5.74) is 1.25. The number of likely N-dealkylation sites (tertiary alicyclic amines) is 1. The van der Waals surface area contributed by atoms with Crippen LogP contribution >= 0.6 is 0 Å². The van der Waals surface area contributed by atoms with Gasteiger partial charge in [0, 0.05) is 25.0 Å². The predicted molar refractivity (Wildman–Crippen MR) is 80.8 cm³/mol. The maximum atomic E-state index is 14.0. The summed E-state index contributed by atoms with van der Waals surface area (Å²) in [6.07, 6.45) is 4.52. The molecule has 1 aromatic rings. The number of amides is 1. The van der Waals surface area contributed by atoms with Crippen LogP contribution in [0.2, 0.25) is 0 Å². The lowest BCUT2D eigenvalue weighted by atomic mass is 9.74. The van der Waals surface area contributed by atoms with E-state index in [1.54, 1.807) is 12.1 Å². The number of hydrogen-bond acceptors (Lipinski definition) is 2. The summed E-state index contributed by atoms with van der Waals surface area (Å²) in [6, 6.07) is 4.86. The van der Waals surface area contributed by atoms with E-state index in [9.17, 15) is 9.18 Å². The molecule has 2 aliphatic rings. The number of nitrogens with one attached hydrogen (secondary N) is 1. The molecular weight excluding hydrogens is 267 g/mol. The number of carbonyl (C=O) groups is 1. The van der Waals surface area contributed by atoms with E-state index in [1.807, 2.05) is 11.8 Å². The van der Waals surface area contributed by atoms with Crippen LogP contribution in [0.5, 0.6) is 0 Å². The monoisotopic (exact) mass is 290 g/mol. The highest BCUT2D eigenvalue weighted by molar-refractivity contribution is 5.94. The quantitative estimate of drug-likeness (QED) is 0.862. The van der Waals surface area contributed by atoms with Crippen LogP contribution in [0.3, 0.4) is 0 Å². The molecule has 1 amide bonds. The largest absolute Gasteiger partial charge is 0.338 e. The minimum atomic E-state index is -0.401. The van der Waals surface area contributed by atoms with E-state index < -0.39 is 5.82 Å². The molecule has 21 heavy (non-hydrogen) atoms. The lowest BCUT2D eigenvalue weighted by Gasteiger charge is -2.45. The maximum absolute atomic E-state index is 14.0. The molecule has 3 nitrogen and oxygen atoms in total. The highest BCUT2D eigenvalue weighted by Crippen LogP contribution is 2.36. The maximum Gasteiger partial charge on any atom is 0.256 e. The van der Waals surface area contributed by atoms with Crippen molar-refractivity contribution in [1.29, 1.82) is 0 Å². The first kappa shape index (κ1) is 14.5. The Morgan fingerprint density at radius 1 is 1.33 bits per heavy atom. The topological polar surface area (TPSA) is 32.3 Å². The Bertz CT molecular complexity index is 532. The lowest BCUT2D eigenvalue weighted by molar-refractivity contribution is 0.0430. The number of halogens is 1. The molecule has 3 rings (SSSR count). The Labute approximate surface area is 125 Å². The van der Waals surface area contributed by atoms with Crippen LogP contribution in [0.15, 0.2) is 18.2 Å². The summed E-state index contributed by atoms with van der Waals surface area (Å²) in [6.45, 7) is 5.39. The summed E-state index contributed by atoms with van der Waals surface area (Å²) in [4.78, 5) is 14.5. The van der Waals surface area contributed by atoms with Crippen molar-refractivity contribution in [3.8, 4) is 0 Å². The molecule has 0 radical (unpaired) electrons. The van der Waals surface area contributed by atoms with Gasteiger partial charge < -0.3 is 10.2 Å². The summed E-state index contributed by atoms with van der Waals surface area (Å²) < 4.78 is 14.0. The zero-order valence-corrected chi connectivity index (χ0v) is 12.6. The normalized spacial score (nSPS) is 26.1. The van der Waals surface area contributed by atoms with Crippen LogP contribution < -0.4 is 5.32 Å².